The first-order chi connectivity index (χ1) is 12.0. The van der Waals surface area contributed by atoms with Crippen LogP contribution in [0.2, 0.25) is 0 Å². The van der Waals surface area contributed by atoms with Crippen LogP contribution in [-0.2, 0) is 4.79 Å². The van der Waals surface area contributed by atoms with Gasteiger partial charge in [-0.05, 0) is 43.7 Å². The number of hydrogen-bond acceptors (Lipinski definition) is 3. The van der Waals surface area contributed by atoms with Gasteiger partial charge < -0.3 is 20.1 Å². The van der Waals surface area contributed by atoms with Crippen molar-refractivity contribution in [2.24, 2.45) is 11.3 Å². The number of hydrogen-bond donors (Lipinski definition) is 2. The monoisotopic (exact) mass is 346 g/mol. The van der Waals surface area contributed by atoms with Gasteiger partial charge in [-0.3, -0.25) is 4.79 Å². The summed E-state index contributed by atoms with van der Waals surface area (Å²) in [6.45, 7) is 3.94. The van der Waals surface area contributed by atoms with Crippen molar-refractivity contribution in [2.75, 3.05) is 26.2 Å². The summed E-state index contributed by atoms with van der Waals surface area (Å²) >= 11 is 0. The van der Waals surface area contributed by atoms with Gasteiger partial charge in [-0.15, -0.1) is 0 Å². The van der Waals surface area contributed by atoms with Crippen LogP contribution in [0.15, 0.2) is 24.3 Å². The van der Waals surface area contributed by atoms with Crippen LogP contribution in [-0.4, -0.2) is 48.2 Å². The number of aliphatic carboxylic acids is 1. The fraction of sp³-hybridized carbons (Fsp3) is 0.579. The maximum absolute atomic E-state index is 12.3. The molecule has 6 heteroatoms. The molecule has 1 aliphatic carbocycles. The topological polar surface area (TPSA) is 78.9 Å². The lowest BCUT2D eigenvalue weighted by Gasteiger charge is -2.23. The van der Waals surface area contributed by atoms with E-state index in [-0.39, 0.29) is 11.9 Å². The Morgan fingerprint density at radius 2 is 2.20 bits per heavy atom. The Morgan fingerprint density at radius 3 is 2.92 bits per heavy atom. The zero-order chi connectivity index (χ0) is 17.9. The van der Waals surface area contributed by atoms with E-state index in [1.807, 2.05) is 31.2 Å². The lowest BCUT2D eigenvalue weighted by molar-refractivity contribution is -0.149. The third-order valence-electron chi connectivity index (χ3n) is 5.53. The van der Waals surface area contributed by atoms with Gasteiger partial charge in [0.2, 0.25) is 0 Å². The molecular weight excluding hydrogens is 320 g/mol. The van der Waals surface area contributed by atoms with E-state index in [4.69, 9.17) is 4.74 Å². The fourth-order valence-electron chi connectivity index (χ4n) is 4.07. The first kappa shape index (κ1) is 17.6. The quantitative estimate of drug-likeness (QED) is 0.776. The van der Waals surface area contributed by atoms with Crippen molar-refractivity contribution in [3.63, 3.8) is 0 Å². The molecule has 0 unspecified atom stereocenters. The molecule has 25 heavy (non-hydrogen) atoms. The number of benzene rings is 1. The Balaban J connectivity index is 1.40. The lowest BCUT2D eigenvalue weighted by atomic mass is 9.81. The molecule has 1 aliphatic heterocycles. The lowest BCUT2D eigenvalue weighted by Crippen LogP contribution is -2.42. The minimum Gasteiger partial charge on any atom is -0.493 e. The van der Waals surface area contributed by atoms with E-state index in [0.717, 1.165) is 24.2 Å². The standard InChI is InChI=1S/C19H26N2O4/c1-14-6-2-3-8-16(14)25-11-5-10-20-18(24)21-12-15-7-4-9-19(15,13-21)17(22)23/h2-3,6,8,15H,4-5,7,9-13H2,1H3,(H,20,24)(H,22,23)/t15-,19+/m0/s1. The van der Waals surface area contributed by atoms with Crippen LogP contribution >= 0.6 is 0 Å². The summed E-state index contributed by atoms with van der Waals surface area (Å²) < 4.78 is 5.71. The smallest absolute Gasteiger partial charge is 0.317 e. The SMILES string of the molecule is Cc1ccccc1OCCCNC(=O)N1C[C@@H]2CCC[C@@]2(C(=O)O)C1. The highest BCUT2D eigenvalue weighted by molar-refractivity contribution is 5.80. The number of nitrogens with one attached hydrogen (secondary N) is 1. The molecule has 0 spiro atoms. The van der Waals surface area contributed by atoms with Gasteiger partial charge in [0.15, 0.2) is 0 Å². The van der Waals surface area contributed by atoms with Gasteiger partial charge in [0.25, 0.3) is 0 Å². The summed E-state index contributed by atoms with van der Waals surface area (Å²) in [5.41, 5.74) is 0.375. The van der Waals surface area contributed by atoms with Crippen LogP contribution in [0.3, 0.4) is 0 Å². The number of rotatable bonds is 6. The molecule has 3 rings (SSSR count). The van der Waals surface area contributed by atoms with Gasteiger partial charge >= 0.3 is 12.0 Å². The zero-order valence-electron chi connectivity index (χ0n) is 14.7. The van der Waals surface area contributed by atoms with Gasteiger partial charge in [0.1, 0.15) is 5.75 Å². The average molecular weight is 346 g/mol. The fourth-order valence-corrected chi connectivity index (χ4v) is 4.07. The summed E-state index contributed by atoms with van der Waals surface area (Å²) in [6.07, 6.45) is 3.24. The summed E-state index contributed by atoms with van der Waals surface area (Å²) in [5.74, 6) is 0.210. The van der Waals surface area contributed by atoms with Crippen LogP contribution in [0.5, 0.6) is 5.75 Å². The minimum atomic E-state index is -0.753. The van der Waals surface area contributed by atoms with E-state index in [2.05, 4.69) is 5.32 Å². The number of aryl methyl sites for hydroxylation is 1. The Morgan fingerprint density at radius 1 is 1.40 bits per heavy atom. The number of carbonyl (C=O) groups excluding carboxylic acids is 1. The van der Waals surface area contributed by atoms with E-state index >= 15 is 0 Å². The highest BCUT2D eigenvalue weighted by Crippen LogP contribution is 2.48. The molecule has 1 heterocycles. The van der Waals surface area contributed by atoms with Gasteiger partial charge in [-0.1, -0.05) is 24.6 Å². The van der Waals surface area contributed by atoms with Gasteiger partial charge in [-0.25, -0.2) is 4.79 Å². The number of likely N-dealkylation sites (tertiary alicyclic amines) is 1. The van der Waals surface area contributed by atoms with E-state index in [1.165, 1.54) is 0 Å². The molecule has 136 valence electrons. The highest BCUT2D eigenvalue weighted by atomic mass is 16.5. The molecule has 2 amide bonds. The van der Waals surface area contributed by atoms with Crippen molar-refractivity contribution >= 4 is 12.0 Å². The summed E-state index contributed by atoms with van der Waals surface area (Å²) in [7, 11) is 0. The van der Waals surface area contributed by atoms with Crippen molar-refractivity contribution < 1.29 is 19.4 Å². The van der Waals surface area contributed by atoms with Gasteiger partial charge in [0.05, 0.1) is 12.0 Å². The molecule has 2 atom stereocenters. The van der Waals surface area contributed by atoms with Crippen LogP contribution in [0.4, 0.5) is 4.79 Å². The van der Waals surface area contributed by atoms with E-state index in [9.17, 15) is 14.7 Å². The van der Waals surface area contributed by atoms with Gasteiger partial charge in [0, 0.05) is 19.6 Å². The number of carbonyl (C=O) groups is 2. The molecule has 1 saturated carbocycles. The van der Waals surface area contributed by atoms with Gasteiger partial charge in [-0.2, -0.15) is 0 Å². The van der Waals surface area contributed by atoms with Crippen molar-refractivity contribution in [3.8, 4) is 5.75 Å². The number of carboxylic acids is 1. The first-order valence-electron chi connectivity index (χ1n) is 8.97. The minimum absolute atomic E-state index is 0.0974. The first-order valence-corrected chi connectivity index (χ1v) is 8.97. The number of ether oxygens (including phenoxy) is 1. The average Bonchev–Trinajstić information content (AvgIpc) is 3.14. The molecule has 1 saturated heterocycles. The second-order valence-corrected chi connectivity index (χ2v) is 7.13. The van der Waals surface area contributed by atoms with Crippen LogP contribution in [0.25, 0.3) is 0 Å². The number of amides is 2. The number of carboxylic acid groups (broad SMARTS) is 1. The third-order valence-corrected chi connectivity index (χ3v) is 5.53. The Hall–Kier alpha value is -2.24. The van der Waals surface area contributed by atoms with Crippen molar-refractivity contribution in [2.45, 2.75) is 32.6 Å². The zero-order valence-corrected chi connectivity index (χ0v) is 14.7. The summed E-state index contributed by atoms with van der Waals surface area (Å²) in [5, 5.41) is 12.5. The maximum atomic E-state index is 12.3. The predicted octanol–water partition coefficient (Wildman–Crippen LogP) is 2.66. The summed E-state index contributed by atoms with van der Waals surface area (Å²) in [4.78, 5) is 25.6. The van der Waals surface area contributed by atoms with E-state index in [0.29, 0.717) is 39.1 Å². The molecule has 1 aromatic carbocycles. The molecule has 2 N–H and O–H groups in total. The number of nitrogens with zero attached hydrogens (tertiary/aromatic N) is 1. The Bertz CT molecular complexity index is 648. The maximum Gasteiger partial charge on any atom is 0.317 e. The normalized spacial score (nSPS) is 24.8. The van der Waals surface area contributed by atoms with Crippen molar-refractivity contribution in [3.05, 3.63) is 29.8 Å². The van der Waals surface area contributed by atoms with Crippen molar-refractivity contribution in [1.82, 2.24) is 10.2 Å². The predicted molar refractivity (Wildman–Crippen MR) is 93.7 cm³/mol. The molecule has 0 aromatic heterocycles. The highest BCUT2D eigenvalue weighted by Gasteiger charge is 2.55. The summed E-state index contributed by atoms with van der Waals surface area (Å²) in [6, 6.07) is 7.68. The Kier molecular flexibility index (Phi) is 5.16. The molecule has 6 nitrogen and oxygen atoms in total. The number of urea groups is 1. The van der Waals surface area contributed by atoms with E-state index in [1.54, 1.807) is 4.90 Å². The largest absolute Gasteiger partial charge is 0.493 e. The van der Waals surface area contributed by atoms with E-state index < -0.39 is 11.4 Å². The second-order valence-electron chi connectivity index (χ2n) is 7.13. The third kappa shape index (κ3) is 3.57. The second kappa shape index (κ2) is 7.33. The van der Waals surface area contributed by atoms with Crippen LogP contribution < -0.4 is 10.1 Å². The molecule has 0 bridgehead atoms. The number of para-hydroxylation sites is 1. The molecule has 2 fully saturated rings. The Labute approximate surface area is 148 Å². The molecule has 0 radical (unpaired) electrons. The molecular formula is C19H26N2O4. The number of fused-ring (bicyclic) bond motifs is 1. The van der Waals surface area contributed by atoms with Crippen molar-refractivity contribution in [1.29, 1.82) is 0 Å². The molecule has 1 aromatic rings. The van der Waals surface area contributed by atoms with Crippen LogP contribution in [0.1, 0.15) is 31.2 Å². The van der Waals surface area contributed by atoms with Crippen LogP contribution in [0, 0.1) is 18.3 Å². The molecule has 2 aliphatic rings.